The van der Waals surface area contributed by atoms with Gasteiger partial charge in [0, 0.05) is 12.5 Å². The molecule has 0 aliphatic carbocycles. The molecule has 0 saturated carbocycles. The van der Waals surface area contributed by atoms with Gasteiger partial charge in [0.25, 0.3) is 0 Å². The molecule has 0 spiro atoms. The zero-order chi connectivity index (χ0) is 13.3. The molecule has 1 atom stereocenters. The Labute approximate surface area is 105 Å². The van der Waals surface area contributed by atoms with E-state index in [-0.39, 0.29) is 23.4 Å². The van der Waals surface area contributed by atoms with Crippen molar-refractivity contribution >= 4 is 23.3 Å². The van der Waals surface area contributed by atoms with Crippen LogP contribution >= 0.6 is 0 Å². The van der Waals surface area contributed by atoms with Crippen molar-refractivity contribution in [1.82, 2.24) is 0 Å². The highest BCUT2D eigenvalue weighted by molar-refractivity contribution is 6.03. The lowest BCUT2D eigenvalue weighted by molar-refractivity contribution is -0.116. The number of rotatable bonds is 2. The summed E-state index contributed by atoms with van der Waals surface area (Å²) in [6, 6.07) is 4.80. The Morgan fingerprint density at radius 2 is 2.17 bits per heavy atom. The van der Waals surface area contributed by atoms with Gasteiger partial charge >= 0.3 is 5.97 Å². The Morgan fingerprint density at radius 3 is 2.78 bits per heavy atom. The van der Waals surface area contributed by atoms with Crippen LogP contribution in [-0.4, -0.2) is 23.0 Å². The number of carbonyl (C=O) groups is 2. The van der Waals surface area contributed by atoms with Crippen molar-refractivity contribution in [2.75, 3.05) is 10.6 Å². The number of para-hydroxylation sites is 1. The molecule has 0 saturated heterocycles. The largest absolute Gasteiger partial charge is 0.478 e. The molecular formula is C13H16N2O3. The molecule has 96 valence electrons. The molecule has 2 rings (SSSR count). The first-order chi connectivity index (χ1) is 8.49. The lowest BCUT2D eigenvalue weighted by Crippen LogP contribution is -2.28. The van der Waals surface area contributed by atoms with Gasteiger partial charge in [-0.2, -0.15) is 0 Å². The van der Waals surface area contributed by atoms with E-state index in [9.17, 15) is 14.7 Å². The Morgan fingerprint density at radius 1 is 1.44 bits per heavy atom. The summed E-state index contributed by atoms with van der Waals surface area (Å²) in [5, 5.41) is 15.1. The molecule has 0 aromatic heterocycles. The number of hydrogen-bond acceptors (Lipinski definition) is 3. The smallest absolute Gasteiger partial charge is 0.337 e. The summed E-state index contributed by atoms with van der Waals surface area (Å²) < 4.78 is 0. The van der Waals surface area contributed by atoms with Gasteiger partial charge in [0.2, 0.25) is 5.91 Å². The maximum absolute atomic E-state index is 11.7. The number of benzene rings is 1. The average molecular weight is 248 g/mol. The van der Waals surface area contributed by atoms with Crippen molar-refractivity contribution < 1.29 is 14.7 Å². The highest BCUT2D eigenvalue weighted by atomic mass is 16.4. The predicted octanol–water partition coefficient (Wildman–Crippen LogP) is 2.16. The molecule has 5 heteroatoms. The van der Waals surface area contributed by atoms with Gasteiger partial charge < -0.3 is 15.7 Å². The Kier molecular flexibility index (Phi) is 3.23. The summed E-state index contributed by atoms with van der Waals surface area (Å²) in [6.07, 6.45) is 0.339. The second-order valence-electron chi connectivity index (χ2n) is 4.78. The van der Waals surface area contributed by atoms with Crippen LogP contribution in [0.5, 0.6) is 0 Å². The lowest BCUT2D eigenvalue weighted by atomic mass is 10.0. The zero-order valence-corrected chi connectivity index (χ0v) is 10.4. The van der Waals surface area contributed by atoms with E-state index in [0.717, 1.165) is 0 Å². The normalized spacial score (nSPS) is 18.6. The van der Waals surface area contributed by atoms with Gasteiger partial charge in [0.15, 0.2) is 0 Å². The maximum atomic E-state index is 11.7. The van der Waals surface area contributed by atoms with Crippen LogP contribution in [0.3, 0.4) is 0 Å². The molecule has 0 radical (unpaired) electrons. The van der Waals surface area contributed by atoms with E-state index in [1.807, 2.05) is 13.8 Å². The number of amides is 1. The summed E-state index contributed by atoms with van der Waals surface area (Å²) >= 11 is 0. The third kappa shape index (κ3) is 2.30. The molecule has 1 amide bonds. The summed E-state index contributed by atoms with van der Waals surface area (Å²) in [5.41, 5.74) is 1.21. The monoisotopic (exact) mass is 248 g/mol. The SMILES string of the molecule is CC(C)C1CC(=O)Nc2cccc(C(=O)O)c2N1. The fourth-order valence-electron chi connectivity index (χ4n) is 2.03. The number of carboxylic acid groups (broad SMARTS) is 1. The van der Waals surface area contributed by atoms with Gasteiger partial charge in [-0.15, -0.1) is 0 Å². The average Bonchev–Trinajstić information content (AvgIpc) is 2.45. The third-order valence-corrected chi connectivity index (χ3v) is 3.11. The minimum absolute atomic E-state index is 0.0632. The number of aromatic carboxylic acids is 1. The van der Waals surface area contributed by atoms with Crippen molar-refractivity contribution in [3.63, 3.8) is 0 Å². The molecule has 18 heavy (non-hydrogen) atoms. The summed E-state index contributed by atoms with van der Waals surface area (Å²) in [7, 11) is 0. The van der Waals surface area contributed by atoms with Crippen LogP contribution in [0, 0.1) is 5.92 Å². The Balaban J connectivity index is 2.48. The molecular weight excluding hydrogens is 232 g/mol. The fraction of sp³-hybridized carbons (Fsp3) is 0.385. The van der Waals surface area contributed by atoms with E-state index < -0.39 is 5.97 Å². The molecule has 0 bridgehead atoms. The topological polar surface area (TPSA) is 78.4 Å². The van der Waals surface area contributed by atoms with Crippen molar-refractivity contribution in [2.45, 2.75) is 26.3 Å². The van der Waals surface area contributed by atoms with Crippen LogP contribution in [-0.2, 0) is 4.79 Å². The predicted molar refractivity (Wildman–Crippen MR) is 68.9 cm³/mol. The fourth-order valence-corrected chi connectivity index (χ4v) is 2.03. The number of carbonyl (C=O) groups excluding carboxylic acids is 1. The molecule has 1 heterocycles. The van der Waals surface area contributed by atoms with Crippen LogP contribution in [0.25, 0.3) is 0 Å². The summed E-state index contributed by atoms with van der Waals surface area (Å²) in [6.45, 7) is 4.00. The third-order valence-electron chi connectivity index (χ3n) is 3.11. The first-order valence-corrected chi connectivity index (χ1v) is 5.91. The number of hydrogen-bond donors (Lipinski definition) is 3. The van der Waals surface area contributed by atoms with Gasteiger partial charge in [-0.1, -0.05) is 19.9 Å². The van der Waals surface area contributed by atoms with E-state index >= 15 is 0 Å². The van der Waals surface area contributed by atoms with Gasteiger partial charge in [-0.25, -0.2) is 4.79 Å². The van der Waals surface area contributed by atoms with Crippen molar-refractivity contribution in [3.8, 4) is 0 Å². The molecule has 0 fully saturated rings. The molecule has 1 unspecified atom stereocenters. The van der Waals surface area contributed by atoms with Gasteiger partial charge in [0.05, 0.1) is 16.9 Å². The highest BCUT2D eigenvalue weighted by Gasteiger charge is 2.25. The van der Waals surface area contributed by atoms with E-state index in [1.54, 1.807) is 12.1 Å². The van der Waals surface area contributed by atoms with Crippen molar-refractivity contribution in [1.29, 1.82) is 0 Å². The molecule has 1 aromatic rings. The van der Waals surface area contributed by atoms with Crippen LogP contribution in [0.2, 0.25) is 0 Å². The summed E-state index contributed by atoms with van der Waals surface area (Å²) in [4.78, 5) is 22.9. The van der Waals surface area contributed by atoms with E-state index in [4.69, 9.17) is 0 Å². The van der Waals surface area contributed by atoms with Gasteiger partial charge in [-0.05, 0) is 18.1 Å². The second kappa shape index (κ2) is 4.68. The summed E-state index contributed by atoms with van der Waals surface area (Å²) in [5.74, 6) is -0.857. The van der Waals surface area contributed by atoms with Crippen LogP contribution in [0.4, 0.5) is 11.4 Å². The van der Waals surface area contributed by atoms with Crippen LogP contribution < -0.4 is 10.6 Å². The van der Waals surface area contributed by atoms with Crippen molar-refractivity contribution in [3.05, 3.63) is 23.8 Å². The molecule has 5 nitrogen and oxygen atoms in total. The number of fused-ring (bicyclic) bond motifs is 1. The highest BCUT2D eigenvalue weighted by Crippen LogP contribution is 2.31. The van der Waals surface area contributed by atoms with E-state index in [0.29, 0.717) is 17.8 Å². The maximum Gasteiger partial charge on any atom is 0.337 e. The first-order valence-electron chi connectivity index (χ1n) is 5.91. The molecule has 1 aromatic carbocycles. The van der Waals surface area contributed by atoms with E-state index in [1.165, 1.54) is 6.07 Å². The minimum Gasteiger partial charge on any atom is -0.478 e. The lowest BCUT2D eigenvalue weighted by Gasteiger charge is -2.21. The van der Waals surface area contributed by atoms with E-state index in [2.05, 4.69) is 10.6 Å². The van der Waals surface area contributed by atoms with Crippen molar-refractivity contribution in [2.24, 2.45) is 5.92 Å². The number of carboxylic acids is 1. The number of anilines is 2. The molecule has 3 N–H and O–H groups in total. The van der Waals surface area contributed by atoms with Crippen LogP contribution in [0.15, 0.2) is 18.2 Å². The minimum atomic E-state index is -1.00. The zero-order valence-electron chi connectivity index (χ0n) is 10.4. The second-order valence-corrected chi connectivity index (χ2v) is 4.78. The Hall–Kier alpha value is -2.04. The number of nitrogens with one attached hydrogen (secondary N) is 2. The van der Waals surface area contributed by atoms with Gasteiger partial charge in [-0.3, -0.25) is 4.79 Å². The Bertz CT molecular complexity index is 497. The quantitative estimate of drug-likeness (QED) is 0.749. The van der Waals surface area contributed by atoms with Crippen LogP contribution in [0.1, 0.15) is 30.6 Å². The first kappa shape index (κ1) is 12.4. The standard InChI is InChI=1S/C13H16N2O3/c1-7(2)10-6-11(16)14-9-5-3-4-8(13(17)18)12(9)15-10/h3-5,7,10,15H,6H2,1-2H3,(H,14,16)(H,17,18). The van der Waals surface area contributed by atoms with Gasteiger partial charge in [0.1, 0.15) is 0 Å². The molecule has 1 aliphatic rings. The molecule has 1 aliphatic heterocycles.